The summed E-state index contributed by atoms with van der Waals surface area (Å²) < 4.78 is 24.4. The minimum absolute atomic E-state index is 0. The van der Waals surface area contributed by atoms with E-state index in [0.29, 0.717) is 38.4 Å². The SMILES string of the molecule is CS(=O)(=O)N1CCC(C(=O)NC2CCCCC2CN)CC1.Cl. The Morgan fingerprint density at radius 3 is 2.32 bits per heavy atom. The van der Waals surface area contributed by atoms with E-state index >= 15 is 0 Å². The van der Waals surface area contributed by atoms with Crippen molar-refractivity contribution in [1.82, 2.24) is 9.62 Å². The number of hydrogen-bond donors (Lipinski definition) is 2. The highest BCUT2D eigenvalue weighted by Crippen LogP contribution is 2.25. The van der Waals surface area contributed by atoms with Crippen molar-refractivity contribution in [2.45, 2.75) is 44.6 Å². The van der Waals surface area contributed by atoms with E-state index in [9.17, 15) is 13.2 Å². The molecule has 2 unspecified atom stereocenters. The zero-order valence-corrected chi connectivity index (χ0v) is 14.8. The molecule has 0 aromatic heterocycles. The number of carbonyl (C=O) groups is 1. The Morgan fingerprint density at radius 2 is 1.77 bits per heavy atom. The van der Waals surface area contributed by atoms with Crippen LogP contribution in [0, 0.1) is 11.8 Å². The molecule has 0 bridgehead atoms. The van der Waals surface area contributed by atoms with Gasteiger partial charge in [-0.1, -0.05) is 12.8 Å². The Morgan fingerprint density at radius 1 is 1.18 bits per heavy atom. The fourth-order valence-electron chi connectivity index (χ4n) is 3.43. The van der Waals surface area contributed by atoms with Crippen LogP contribution in [0.25, 0.3) is 0 Å². The molecule has 6 nitrogen and oxygen atoms in total. The summed E-state index contributed by atoms with van der Waals surface area (Å²) in [6.45, 7) is 1.52. The largest absolute Gasteiger partial charge is 0.353 e. The lowest BCUT2D eigenvalue weighted by atomic mass is 9.84. The minimum Gasteiger partial charge on any atom is -0.353 e. The summed E-state index contributed by atoms with van der Waals surface area (Å²) in [5.41, 5.74) is 5.79. The van der Waals surface area contributed by atoms with Gasteiger partial charge in [0.2, 0.25) is 15.9 Å². The van der Waals surface area contributed by atoms with E-state index in [1.165, 1.54) is 17.0 Å². The zero-order chi connectivity index (χ0) is 15.5. The van der Waals surface area contributed by atoms with Crippen molar-refractivity contribution < 1.29 is 13.2 Å². The summed E-state index contributed by atoms with van der Waals surface area (Å²) >= 11 is 0. The van der Waals surface area contributed by atoms with Crippen LogP contribution in [0.3, 0.4) is 0 Å². The molecule has 0 radical (unpaired) electrons. The molecule has 2 atom stereocenters. The van der Waals surface area contributed by atoms with Gasteiger partial charge in [-0.2, -0.15) is 0 Å². The highest BCUT2D eigenvalue weighted by atomic mass is 35.5. The second-order valence-corrected chi connectivity index (χ2v) is 8.31. The van der Waals surface area contributed by atoms with E-state index < -0.39 is 10.0 Å². The third-order valence-electron chi connectivity index (χ3n) is 4.83. The molecule has 1 aliphatic heterocycles. The summed E-state index contributed by atoms with van der Waals surface area (Å²) in [7, 11) is -3.13. The Kier molecular flexibility index (Phi) is 7.58. The van der Waals surface area contributed by atoms with E-state index in [0.717, 1.165) is 19.3 Å². The number of halogens is 1. The lowest BCUT2D eigenvalue weighted by Gasteiger charge is -2.34. The molecular formula is C14H28ClN3O3S. The summed E-state index contributed by atoms with van der Waals surface area (Å²) in [5, 5.41) is 3.16. The number of carbonyl (C=O) groups excluding carboxylic acids is 1. The second kappa shape index (κ2) is 8.47. The van der Waals surface area contributed by atoms with Crippen molar-refractivity contribution in [2.75, 3.05) is 25.9 Å². The molecular weight excluding hydrogens is 326 g/mol. The molecule has 1 amide bonds. The van der Waals surface area contributed by atoms with E-state index in [2.05, 4.69) is 5.32 Å². The Hall–Kier alpha value is -0.370. The van der Waals surface area contributed by atoms with Gasteiger partial charge in [-0.05, 0) is 38.1 Å². The molecule has 1 saturated heterocycles. The summed E-state index contributed by atoms with van der Waals surface area (Å²) in [5.74, 6) is 0.399. The monoisotopic (exact) mass is 353 g/mol. The standard InChI is InChI=1S/C14H27N3O3S.ClH/c1-21(19,20)17-8-6-11(7-9-17)14(18)16-13-5-3-2-4-12(13)10-15;/h11-13H,2-10,15H2,1H3,(H,16,18);1H. The van der Waals surface area contributed by atoms with Gasteiger partial charge in [0.25, 0.3) is 0 Å². The van der Waals surface area contributed by atoms with Gasteiger partial charge in [-0.3, -0.25) is 4.79 Å². The molecule has 2 aliphatic rings. The van der Waals surface area contributed by atoms with Crippen LogP contribution < -0.4 is 11.1 Å². The first-order valence-electron chi connectivity index (χ1n) is 7.87. The first kappa shape index (κ1) is 19.7. The van der Waals surface area contributed by atoms with Crippen LogP contribution in [-0.2, 0) is 14.8 Å². The van der Waals surface area contributed by atoms with Crippen LogP contribution in [0.15, 0.2) is 0 Å². The lowest BCUT2D eigenvalue weighted by Crippen LogP contribution is -2.49. The van der Waals surface area contributed by atoms with Crippen LogP contribution in [0.1, 0.15) is 38.5 Å². The number of piperidine rings is 1. The summed E-state index contributed by atoms with van der Waals surface area (Å²) in [6.07, 6.45) is 6.89. The zero-order valence-electron chi connectivity index (χ0n) is 13.2. The third kappa shape index (κ3) is 5.08. The number of nitrogens with two attached hydrogens (primary N) is 1. The highest BCUT2D eigenvalue weighted by molar-refractivity contribution is 7.88. The maximum atomic E-state index is 12.4. The van der Waals surface area contributed by atoms with Gasteiger partial charge < -0.3 is 11.1 Å². The fourth-order valence-corrected chi connectivity index (χ4v) is 4.30. The number of amides is 1. The average molecular weight is 354 g/mol. The Balaban J connectivity index is 0.00000242. The predicted molar refractivity (Wildman–Crippen MR) is 89.3 cm³/mol. The second-order valence-electron chi connectivity index (χ2n) is 6.33. The molecule has 3 N–H and O–H groups in total. The molecule has 1 aliphatic carbocycles. The lowest BCUT2D eigenvalue weighted by molar-refractivity contribution is -0.127. The van der Waals surface area contributed by atoms with Crippen LogP contribution in [-0.4, -0.2) is 50.6 Å². The van der Waals surface area contributed by atoms with Gasteiger partial charge in [0.05, 0.1) is 6.26 Å². The first-order valence-corrected chi connectivity index (χ1v) is 9.72. The van der Waals surface area contributed by atoms with Gasteiger partial charge in [0.15, 0.2) is 0 Å². The van der Waals surface area contributed by atoms with Gasteiger partial charge in [-0.15, -0.1) is 12.4 Å². The van der Waals surface area contributed by atoms with Crippen molar-refractivity contribution >= 4 is 28.3 Å². The Labute approximate surface area is 139 Å². The molecule has 130 valence electrons. The molecule has 1 heterocycles. The van der Waals surface area contributed by atoms with Gasteiger partial charge in [-0.25, -0.2) is 12.7 Å². The van der Waals surface area contributed by atoms with Crippen molar-refractivity contribution in [1.29, 1.82) is 0 Å². The van der Waals surface area contributed by atoms with Crippen molar-refractivity contribution in [3.05, 3.63) is 0 Å². The van der Waals surface area contributed by atoms with Crippen molar-refractivity contribution in [2.24, 2.45) is 17.6 Å². The fraction of sp³-hybridized carbons (Fsp3) is 0.929. The molecule has 2 rings (SSSR count). The Bertz CT molecular complexity index is 464. The predicted octanol–water partition coefficient (Wildman–Crippen LogP) is 0.714. The number of nitrogens with one attached hydrogen (secondary N) is 1. The smallest absolute Gasteiger partial charge is 0.223 e. The molecule has 8 heteroatoms. The maximum absolute atomic E-state index is 12.4. The van der Waals surface area contributed by atoms with Gasteiger partial charge >= 0.3 is 0 Å². The van der Waals surface area contributed by atoms with Gasteiger partial charge in [0, 0.05) is 25.0 Å². The van der Waals surface area contributed by atoms with Crippen LogP contribution >= 0.6 is 12.4 Å². The highest BCUT2D eigenvalue weighted by Gasteiger charge is 2.32. The number of rotatable bonds is 4. The summed E-state index contributed by atoms with van der Waals surface area (Å²) in [4.78, 5) is 12.4. The average Bonchev–Trinajstić information content (AvgIpc) is 2.47. The van der Waals surface area contributed by atoms with Crippen LogP contribution in [0.5, 0.6) is 0 Å². The minimum atomic E-state index is -3.13. The van der Waals surface area contributed by atoms with Crippen LogP contribution in [0.2, 0.25) is 0 Å². The van der Waals surface area contributed by atoms with E-state index in [1.807, 2.05) is 0 Å². The van der Waals surface area contributed by atoms with E-state index in [1.54, 1.807) is 0 Å². The third-order valence-corrected chi connectivity index (χ3v) is 6.14. The first-order chi connectivity index (χ1) is 9.91. The van der Waals surface area contributed by atoms with E-state index in [4.69, 9.17) is 5.73 Å². The molecule has 2 fully saturated rings. The van der Waals surface area contributed by atoms with Crippen LogP contribution in [0.4, 0.5) is 0 Å². The van der Waals surface area contributed by atoms with Crippen molar-refractivity contribution in [3.8, 4) is 0 Å². The van der Waals surface area contributed by atoms with Gasteiger partial charge in [0.1, 0.15) is 0 Å². The molecule has 0 aromatic rings. The van der Waals surface area contributed by atoms with Crippen molar-refractivity contribution in [3.63, 3.8) is 0 Å². The number of hydrogen-bond acceptors (Lipinski definition) is 4. The van der Waals surface area contributed by atoms with E-state index in [-0.39, 0.29) is 30.3 Å². The molecule has 1 saturated carbocycles. The summed E-state index contributed by atoms with van der Waals surface area (Å²) in [6, 6.07) is 0.198. The molecule has 22 heavy (non-hydrogen) atoms. The number of sulfonamides is 1. The molecule has 0 spiro atoms. The maximum Gasteiger partial charge on any atom is 0.223 e. The number of nitrogens with zero attached hydrogens (tertiary/aromatic N) is 1. The normalized spacial score (nSPS) is 27.9. The topological polar surface area (TPSA) is 92.5 Å². The quantitative estimate of drug-likeness (QED) is 0.778. The molecule has 0 aromatic carbocycles.